The second kappa shape index (κ2) is 6.29. The maximum Gasteiger partial charge on any atom is 0.146 e. The summed E-state index contributed by atoms with van der Waals surface area (Å²) in [5, 5.41) is 1.48. The van der Waals surface area contributed by atoms with Gasteiger partial charge in [-0.15, -0.1) is 0 Å². The van der Waals surface area contributed by atoms with E-state index in [9.17, 15) is 4.79 Å². The fourth-order valence-electron chi connectivity index (χ4n) is 1.57. The molecule has 2 rings (SSSR count). The van der Waals surface area contributed by atoms with E-state index in [2.05, 4.69) is 0 Å². The van der Waals surface area contributed by atoms with E-state index in [0.717, 1.165) is 6.29 Å². The number of aldehydes is 1. The maximum atomic E-state index is 10.7. The highest BCUT2D eigenvalue weighted by Gasteiger charge is 2.08. The number of ether oxygens (including phenoxy) is 1. The smallest absolute Gasteiger partial charge is 0.146 e. The molecule has 98 valence electrons. The molecule has 2 aromatic rings. The van der Waals surface area contributed by atoms with Gasteiger partial charge < -0.3 is 9.53 Å². The van der Waals surface area contributed by atoms with E-state index in [-0.39, 0.29) is 6.42 Å². The van der Waals surface area contributed by atoms with Gasteiger partial charge in [0.25, 0.3) is 0 Å². The van der Waals surface area contributed by atoms with Crippen molar-refractivity contribution < 1.29 is 9.53 Å². The summed E-state index contributed by atoms with van der Waals surface area (Å²) in [4.78, 5) is 10.7. The van der Waals surface area contributed by atoms with E-state index >= 15 is 0 Å². The molecule has 0 saturated carbocycles. The van der Waals surface area contributed by atoms with Gasteiger partial charge in [0, 0.05) is 22.0 Å². The third-order valence-electron chi connectivity index (χ3n) is 2.44. The number of halogens is 3. The van der Waals surface area contributed by atoms with Gasteiger partial charge in [0.15, 0.2) is 0 Å². The lowest BCUT2D eigenvalue weighted by atomic mass is 10.1. The van der Waals surface area contributed by atoms with Crippen molar-refractivity contribution in [2.45, 2.75) is 6.42 Å². The molecule has 5 heteroatoms. The van der Waals surface area contributed by atoms with Crippen LogP contribution in [0.4, 0.5) is 0 Å². The van der Waals surface area contributed by atoms with Crippen LogP contribution in [0.1, 0.15) is 5.56 Å². The zero-order valence-corrected chi connectivity index (χ0v) is 12.0. The van der Waals surface area contributed by atoms with E-state index < -0.39 is 0 Å². The van der Waals surface area contributed by atoms with Gasteiger partial charge in [-0.2, -0.15) is 0 Å². The Morgan fingerprint density at radius 1 is 0.947 bits per heavy atom. The summed E-state index contributed by atoms with van der Waals surface area (Å²) in [6.07, 6.45) is 1.02. The van der Waals surface area contributed by atoms with Crippen molar-refractivity contribution in [2.24, 2.45) is 0 Å². The molecule has 0 aliphatic carbocycles. The third-order valence-corrected chi connectivity index (χ3v) is 3.21. The number of hydrogen-bond donors (Lipinski definition) is 0. The highest BCUT2D eigenvalue weighted by atomic mass is 35.5. The summed E-state index contributed by atoms with van der Waals surface area (Å²) in [5.74, 6) is 1.02. The van der Waals surface area contributed by atoms with E-state index in [4.69, 9.17) is 39.5 Å². The van der Waals surface area contributed by atoms with Gasteiger partial charge in [0.1, 0.15) is 17.8 Å². The molecule has 2 aromatic carbocycles. The van der Waals surface area contributed by atoms with Gasteiger partial charge in [-0.1, -0.05) is 34.8 Å². The van der Waals surface area contributed by atoms with Crippen LogP contribution in [-0.2, 0) is 11.2 Å². The predicted molar refractivity (Wildman–Crippen MR) is 77.8 cm³/mol. The van der Waals surface area contributed by atoms with Crippen molar-refractivity contribution in [1.29, 1.82) is 0 Å². The number of carbonyl (C=O) groups is 1. The molecule has 0 spiro atoms. The average molecular weight is 316 g/mol. The van der Waals surface area contributed by atoms with Crippen molar-refractivity contribution in [3.05, 3.63) is 57.0 Å². The first-order chi connectivity index (χ1) is 9.10. The first-order valence-electron chi connectivity index (χ1n) is 5.45. The molecule has 0 unspecified atom stereocenters. The molecule has 0 bridgehead atoms. The average Bonchev–Trinajstić information content (AvgIpc) is 2.36. The fraction of sp³-hybridized carbons (Fsp3) is 0.0714. The minimum atomic E-state index is 0.223. The number of rotatable bonds is 4. The minimum Gasteiger partial charge on any atom is -0.456 e. The Balaban J connectivity index is 2.34. The Kier molecular flexibility index (Phi) is 4.70. The normalized spacial score (nSPS) is 10.3. The van der Waals surface area contributed by atoms with Crippen LogP contribution in [0, 0.1) is 0 Å². The monoisotopic (exact) mass is 314 g/mol. The molecule has 19 heavy (non-hydrogen) atoms. The summed E-state index contributed by atoms with van der Waals surface area (Å²) in [6.45, 7) is 0. The van der Waals surface area contributed by atoms with Crippen LogP contribution in [0.15, 0.2) is 36.4 Å². The summed E-state index contributed by atoms with van der Waals surface area (Å²) in [7, 11) is 0. The van der Waals surface area contributed by atoms with Crippen LogP contribution in [-0.4, -0.2) is 6.29 Å². The molecule has 0 N–H and O–H groups in total. The lowest BCUT2D eigenvalue weighted by Crippen LogP contribution is -1.93. The molecular weight excluding hydrogens is 307 g/mol. The van der Waals surface area contributed by atoms with Crippen LogP contribution < -0.4 is 4.74 Å². The Morgan fingerprint density at radius 2 is 1.58 bits per heavy atom. The summed E-state index contributed by atoms with van der Waals surface area (Å²) >= 11 is 17.7. The van der Waals surface area contributed by atoms with Crippen molar-refractivity contribution >= 4 is 41.1 Å². The van der Waals surface area contributed by atoms with Crippen LogP contribution >= 0.6 is 34.8 Å². The van der Waals surface area contributed by atoms with Gasteiger partial charge in [-0.25, -0.2) is 0 Å². The zero-order chi connectivity index (χ0) is 13.8. The van der Waals surface area contributed by atoms with Crippen molar-refractivity contribution in [2.75, 3.05) is 0 Å². The van der Waals surface area contributed by atoms with E-state index in [1.807, 2.05) is 0 Å². The second-order valence-corrected chi connectivity index (χ2v) is 5.08. The summed E-state index contributed by atoms with van der Waals surface area (Å²) in [5.41, 5.74) is 0.702. The fourth-order valence-corrected chi connectivity index (χ4v) is 2.22. The first kappa shape index (κ1) is 14.2. The van der Waals surface area contributed by atoms with Crippen LogP contribution in [0.3, 0.4) is 0 Å². The van der Waals surface area contributed by atoms with Crippen molar-refractivity contribution in [3.63, 3.8) is 0 Å². The van der Waals surface area contributed by atoms with Gasteiger partial charge in [-0.3, -0.25) is 0 Å². The standard InChI is InChI=1S/C14H9Cl3O2/c15-10-1-3-13(9(7-10)5-6-18)19-14-4-2-11(16)8-12(14)17/h1-4,6-8H,5H2. The predicted octanol–water partition coefficient (Wildman–Crippen LogP) is 5.18. The summed E-state index contributed by atoms with van der Waals surface area (Å²) < 4.78 is 5.69. The molecule has 0 heterocycles. The molecule has 0 aromatic heterocycles. The molecule has 0 amide bonds. The highest BCUT2D eigenvalue weighted by molar-refractivity contribution is 6.35. The molecular formula is C14H9Cl3O2. The lowest BCUT2D eigenvalue weighted by molar-refractivity contribution is -0.107. The summed E-state index contributed by atoms with van der Waals surface area (Å²) in [6, 6.07) is 10.0. The second-order valence-electron chi connectivity index (χ2n) is 3.80. The van der Waals surface area contributed by atoms with Crippen LogP contribution in [0.2, 0.25) is 15.1 Å². The Morgan fingerprint density at radius 3 is 2.21 bits per heavy atom. The quantitative estimate of drug-likeness (QED) is 0.727. The minimum absolute atomic E-state index is 0.223. The van der Waals surface area contributed by atoms with Gasteiger partial charge in [0.2, 0.25) is 0 Å². The third kappa shape index (κ3) is 3.63. The Hall–Kier alpha value is -1.22. The van der Waals surface area contributed by atoms with E-state index in [0.29, 0.717) is 32.1 Å². The van der Waals surface area contributed by atoms with E-state index in [1.165, 1.54) is 0 Å². The zero-order valence-electron chi connectivity index (χ0n) is 9.70. The molecule has 0 radical (unpaired) electrons. The molecule has 0 atom stereocenters. The SMILES string of the molecule is O=CCc1cc(Cl)ccc1Oc1ccc(Cl)cc1Cl. The van der Waals surface area contributed by atoms with E-state index in [1.54, 1.807) is 36.4 Å². The highest BCUT2D eigenvalue weighted by Crippen LogP contribution is 2.34. The molecule has 0 fully saturated rings. The van der Waals surface area contributed by atoms with Gasteiger partial charge >= 0.3 is 0 Å². The number of hydrogen-bond acceptors (Lipinski definition) is 2. The Bertz CT molecular complexity index is 612. The van der Waals surface area contributed by atoms with Gasteiger partial charge in [-0.05, 0) is 36.4 Å². The van der Waals surface area contributed by atoms with Crippen molar-refractivity contribution in [1.82, 2.24) is 0 Å². The molecule has 0 aliphatic rings. The van der Waals surface area contributed by atoms with Crippen molar-refractivity contribution in [3.8, 4) is 11.5 Å². The maximum absolute atomic E-state index is 10.7. The Labute approximate surface area is 125 Å². The van der Waals surface area contributed by atoms with Crippen LogP contribution in [0.5, 0.6) is 11.5 Å². The number of carbonyl (C=O) groups excluding carboxylic acids is 1. The topological polar surface area (TPSA) is 26.3 Å². The molecule has 2 nitrogen and oxygen atoms in total. The molecule has 0 saturated heterocycles. The van der Waals surface area contributed by atoms with Gasteiger partial charge in [0.05, 0.1) is 5.02 Å². The van der Waals surface area contributed by atoms with Crippen LogP contribution in [0.25, 0.3) is 0 Å². The number of benzene rings is 2. The lowest BCUT2D eigenvalue weighted by Gasteiger charge is -2.11. The molecule has 0 aliphatic heterocycles. The first-order valence-corrected chi connectivity index (χ1v) is 6.58. The largest absolute Gasteiger partial charge is 0.456 e.